The molecule has 1 saturated heterocycles. The molecule has 7 heteroatoms. The molecule has 0 aliphatic carbocycles. The molecule has 0 spiro atoms. The van der Waals surface area contributed by atoms with Crippen LogP contribution in [-0.2, 0) is 4.74 Å². The molecule has 1 aliphatic heterocycles. The van der Waals surface area contributed by atoms with Crippen molar-refractivity contribution in [3.8, 4) is 24.2 Å². The van der Waals surface area contributed by atoms with Crippen molar-refractivity contribution in [2.75, 3.05) is 6.61 Å². The minimum Gasteiger partial charge on any atom is -0.394 e. The minimum atomic E-state index is -0.895. The number of rotatable bonds is 2. The summed E-state index contributed by atoms with van der Waals surface area (Å²) in [5, 5.41) is 19.0. The maximum absolute atomic E-state index is 12.0. The van der Waals surface area contributed by atoms with Gasteiger partial charge in [0.25, 0.3) is 5.56 Å². The van der Waals surface area contributed by atoms with Crippen molar-refractivity contribution in [2.24, 2.45) is 0 Å². The standard InChI is InChI=1S/C19H16N2O5/c1-2-12-3-5-13(6-4-12)7-8-14-10-21(19(25)20-18(14)24)17-9-15(23)16(11-22)26-17/h1,3-6,10,15-17,22-23H,9,11H2,(H,20,24,25)/t15-,16+,17+/m0/s1. The van der Waals surface area contributed by atoms with Crippen LogP contribution in [0.2, 0.25) is 0 Å². The number of benzene rings is 1. The van der Waals surface area contributed by atoms with Gasteiger partial charge in [-0.25, -0.2) is 4.79 Å². The van der Waals surface area contributed by atoms with Gasteiger partial charge in [-0.2, -0.15) is 0 Å². The van der Waals surface area contributed by atoms with Gasteiger partial charge in [0.15, 0.2) is 0 Å². The number of hydrogen-bond donors (Lipinski definition) is 3. The Hall–Kier alpha value is -3.10. The maximum atomic E-state index is 12.0. The van der Waals surface area contributed by atoms with E-state index in [4.69, 9.17) is 16.3 Å². The molecule has 0 saturated carbocycles. The molecular weight excluding hydrogens is 336 g/mol. The zero-order valence-corrected chi connectivity index (χ0v) is 13.7. The summed E-state index contributed by atoms with van der Waals surface area (Å²) in [4.78, 5) is 26.2. The third-order valence-electron chi connectivity index (χ3n) is 4.06. The van der Waals surface area contributed by atoms with Gasteiger partial charge in [0.1, 0.15) is 17.9 Å². The fourth-order valence-electron chi connectivity index (χ4n) is 2.63. The summed E-state index contributed by atoms with van der Waals surface area (Å²) in [6.45, 7) is -0.365. The average Bonchev–Trinajstić information content (AvgIpc) is 3.02. The summed E-state index contributed by atoms with van der Waals surface area (Å²) in [5.41, 5.74) is 0.175. The zero-order valence-electron chi connectivity index (χ0n) is 13.7. The first-order valence-corrected chi connectivity index (χ1v) is 7.90. The van der Waals surface area contributed by atoms with Crippen molar-refractivity contribution >= 4 is 0 Å². The van der Waals surface area contributed by atoms with Crippen molar-refractivity contribution < 1.29 is 14.9 Å². The Kier molecular flexibility index (Phi) is 5.06. The highest BCUT2D eigenvalue weighted by atomic mass is 16.5. The monoisotopic (exact) mass is 352 g/mol. The van der Waals surface area contributed by atoms with E-state index in [1.54, 1.807) is 24.3 Å². The second-order valence-electron chi connectivity index (χ2n) is 5.80. The topological polar surface area (TPSA) is 105 Å². The normalized spacial score (nSPS) is 21.7. The highest BCUT2D eigenvalue weighted by molar-refractivity contribution is 5.44. The predicted molar refractivity (Wildman–Crippen MR) is 93.3 cm³/mol. The van der Waals surface area contributed by atoms with Gasteiger partial charge in [0.2, 0.25) is 0 Å². The highest BCUT2D eigenvalue weighted by Crippen LogP contribution is 2.27. The van der Waals surface area contributed by atoms with E-state index in [1.807, 2.05) is 0 Å². The molecule has 0 unspecified atom stereocenters. The third kappa shape index (κ3) is 3.61. The Bertz CT molecular complexity index is 1020. The Morgan fingerprint density at radius 2 is 1.92 bits per heavy atom. The van der Waals surface area contributed by atoms with E-state index in [0.29, 0.717) is 5.56 Å². The highest BCUT2D eigenvalue weighted by Gasteiger charge is 2.35. The number of H-pyrrole nitrogens is 1. The van der Waals surface area contributed by atoms with Gasteiger partial charge in [0.05, 0.1) is 12.7 Å². The van der Waals surface area contributed by atoms with Crippen LogP contribution in [0.1, 0.15) is 29.3 Å². The van der Waals surface area contributed by atoms with Crippen LogP contribution in [0.15, 0.2) is 40.1 Å². The smallest absolute Gasteiger partial charge is 0.330 e. The van der Waals surface area contributed by atoms with Crippen LogP contribution in [0.4, 0.5) is 0 Å². The minimum absolute atomic E-state index is 0.0798. The summed E-state index contributed by atoms with van der Waals surface area (Å²) in [7, 11) is 0. The quantitative estimate of drug-likeness (QED) is 0.636. The van der Waals surface area contributed by atoms with Gasteiger partial charge in [-0.3, -0.25) is 14.3 Å². The number of ether oxygens (including phenoxy) is 1. The number of aromatic nitrogens is 2. The Morgan fingerprint density at radius 3 is 2.54 bits per heavy atom. The second kappa shape index (κ2) is 7.42. The Labute approximate surface area is 148 Å². The number of hydrogen-bond acceptors (Lipinski definition) is 5. The van der Waals surface area contributed by atoms with Crippen molar-refractivity contribution in [1.82, 2.24) is 9.55 Å². The summed E-state index contributed by atoms with van der Waals surface area (Å²) in [6, 6.07) is 6.93. The zero-order chi connectivity index (χ0) is 18.7. The lowest BCUT2D eigenvalue weighted by Gasteiger charge is -2.14. The van der Waals surface area contributed by atoms with E-state index in [2.05, 4.69) is 22.7 Å². The molecule has 1 fully saturated rings. The Balaban J connectivity index is 1.92. The molecule has 0 bridgehead atoms. The number of nitrogens with one attached hydrogen (secondary N) is 1. The molecule has 2 aromatic rings. The van der Waals surface area contributed by atoms with Crippen LogP contribution in [-0.4, -0.2) is 38.6 Å². The molecule has 3 N–H and O–H groups in total. The molecule has 0 radical (unpaired) electrons. The number of aliphatic hydroxyl groups is 2. The van der Waals surface area contributed by atoms with E-state index in [9.17, 15) is 14.7 Å². The van der Waals surface area contributed by atoms with Crippen LogP contribution in [0.3, 0.4) is 0 Å². The fraction of sp³-hybridized carbons (Fsp3) is 0.263. The molecule has 2 heterocycles. The fourth-order valence-corrected chi connectivity index (χ4v) is 2.63. The van der Waals surface area contributed by atoms with Gasteiger partial charge in [-0.15, -0.1) is 6.42 Å². The molecule has 7 nitrogen and oxygen atoms in total. The number of aliphatic hydroxyl groups excluding tert-OH is 2. The summed E-state index contributed by atoms with van der Waals surface area (Å²) >= 11 is 0. The lowest BCUT2D eigenvalue weighted by atomic mass is 10.1. The van der Waals surface area contributed by atoms with E-state index in [0.717, 1.165) is 10.1 Å². The van der Waals surface area contributed by atoms with Crippen LogP contribution in [0.5, 0.6) is 0 Å². The summed E-state index contributed by atoms with van der Waals surface area (Å²) < 4.78 is 6.61. The van der Waals surface area contributed by atoms with Crippen LogP contribution >= 0.6 is 0 Å². The van der Waals surface area contributed by atoms with Gasteiger partial charge in [0, 0.05) is 23.7 Å². The Morgan fingerprint density at radius 1 is 1.23 bits per heavy atom. The van der Waals surface area contributed by atoms with Gasteiger partial charge in [-0.1, -0.05) is 17.8 Å². The molecule has 1 aliphatic rings. The van der Waals surface area contributed by atoms with Crippen molar-refractivity contribution in [2.45, 2.75) is 24.9 Å². The summed E-state index contributed by atoms with van der Waals surface area (Å²) in [6.07, 6.45) is 4.25. The number of aromatic amines is 1. The molecule has 1 aromatic heterocycles. The van der Waals surface area contributed by atoms with E-state index < -0.39 is 29.7 Å². The summed E-state index contributed by atoms with van der Waals surface area (Å²) in [5.74, 6) is 8.06. The molecule has 3 atom stereocenters. The molecule has 0 amide bonds. The number of nitrogens with zero attached hydrogens (tertiary/aromatic N) is 1. The first-order chi connectivity index (χ1) is 12.5. The second-order valence-corrected chi connectivity index (χ2v) is 5.80. The van der Waals surface area contributed by atoms with E-state index in [-0.39, 0.29) is 18.6 Å². The molecule has 132 valence electrons. The van der Waals surface area contributed by atoms with Gasteiger partial charge in [-0.05, 0) is 24.3 Å². The lowest BCUT2D eigenvalue weighted by Crippen LogP contribution is -2.33. The van der Waals surface area contributed by atoms with Crippen LogP contribution in [0, 0.1) is 24.2 Å². The largest absolute Gasteiger partial charge is 0.394 e. The van der Waals surface area contributed by atoms with Crippen molar-refractivity contribution in [1.29, 1.82) is 0 Å². The molecule has 1 aromatic carbocycles. The molecule has 26 heavy (non-hydrogen) atoms. The SMILES string of the molecule is C#Cc1ccc(C#Cc2cn([C@H]3C[C@H](O)[C@@H](CO)O3)c(=O)[nH]c2=O)cc1. The van der Waals surface area contributed by atoms with Crippen LogP contribution < -0.4 is 11.2 Å². The average molecular weight is 352 g/mol. The van der Waals surface area contributed by atoms with Gasteiger partial charge < -0.3 is 14.9 Å². The maximum Gasteiger partial charge on any atom is 0.330 e. The first kappa shape index (κ1) is 17.7. The van der Waals surface area contributed by atoms with Crippen LogP contribution in [0.25, 0.3) is 0 Å². The van der Waals surface area contributed by atoms with Crippen molar-refractivity contribution in [3.63, 3.8) is 0 Å². The van der Waals surface area contributed by atoms with E-state index in [1.165, 1.54) is 6.20 Å². The molecule has 3 rings (SSSR count). The molecular formula is C19H16N2O5. The van der Waals surface area contributed by atoms with Crippen molar-refractivity contribution in [3.05, 3.63) is 68.0 Å². The number of terminal acetylenes is 1. The predicted octanol–water partition coefficient (Wildman–Crippen LogP) is -0.442. The van der Waals surface area contributed by atoms with Gasteiger partial charge >= 0.3 is 5.69 Å². The first-order valence-electron chi connectivity index (χ1n) is 7.90. The lowest BCUT2D eigenvalue weighted by molar-refractivity contribution is -0.0459. The third-order valence-corrected chi connectivity index (χ3v) is 4.06. The van der Waals surface area contributed by atoms with E-state index >= 15 is 0 Å².